The number of aliphatic imine (C=N–C) groups is 1. The molecule has 1 atom stereocenters. The highest BCUT2D eigenvalue weighted by Gasteiger charge is 2.10. The van der Waals surface area contributed by atoms with E-state index in [0.29, 0.717) is 32.1 Å². The molecule has 8 heteroatoms. The summed E-state index contributed by atoms with van der Waals surface area (Å²) in [7, 11) is -2.96. The van der Waals surface area contributed by atoms with Gasteiger partial charge in [0.2, 0.25) is 0 Å². The first-order valence-electron chi connectivity index (χ1n) is 9.90. The monoisotopic (exact) mass is 413 g/mol. The lowest BCUT2D eigenvalue weighted by Crippen LogP contribution is -2.43. The second-order valence-electron chi connectivity index (χ2n) is 6.62. The van der Waals surface area contributed by atoms with Crippen LogP contribution in [-0.4, -0.2) is 58.7 Å². The summed E-state index contributed by atoms with van der Waals surface area (Å²) >= 11 is 0. The largest absolute Gasteiger partial charge is 0.490 e. The lowest BCUT2D eigenvalue weighted by molar-refractivity contribution is 0.287. The van der Waals surface area contributed by atoms with Gasteiger partial charge in [0.25, 0.3) is 0 Å². The number of sulfone groups is 1. The van der Waals surface area contributed by atoms with E-state index in [1.54, 1.807) is 0 Å². The molecule has 0 amide bonds. The van der Waals surface area contributed by atoms with Crippen LogP contribution < -0.4 is 20.1 Å². The van der Waals surface area contributed by atoms with Crippen molar-refractivity contribution in [1.29, 1.82) is 0 Å². The highest BCUT2D eigenvalue weighted by atomic mass is 32.2. The van der Waals surface area contributed by atoms with Crippen molar-refractivity contribution >= 4 is 15.8 Å². The molecule has 1 unspecified atom stereocenters. The first-order chi connectivity index (χ1) is 13.3. The minimum atomic E-state index is -2.96. The molecule has 0 spiro atoms. The van der Waals surface area contributed by atoms with Gasteiger partial charge in [0.15, 0.2) is 17.5 Å². The predicted molar refractivity (Wildman–Crippen MR) is 115 cm³/mol. The maximum absolute atomic E-state index is 11.3. The van der Waals surface area contributed by atoms with Gasteiger partial charge in [0, 0.05) is 25.4 Å². The van der Waals surface area contributed by atoms with E-state index in [-0.39, 0.29) is 11.8 Å². The summed E-state index contributed by atoms with van der Waals surface area (Å²) in [5, 5.41) is 6.46. The molecule has 0 bridgehead atoms. The molecule has 0 aliphatic carbocycles. The van der Waals surface area contributed by atoms with Gasteiger partial charge < -0.3 is 20.1 Å². The van der Waals surface area contributed by atoms with Gasteiger partial charge in [-0.3, -0.25) is 4.99 Å². The van der Waals surface area contributed by atoms with Gasteiger partial charge in [0.1, 0.15) is 9.84 Å². The van der Waals surface area contributed by atoms with Crippen LogP contribution in [0.2, 0.25) is 0 Å². The first kappa shape index (κ1) is 24.1. The summed E-state index contributed by atoms with van der Waals surface area (Å²) < 4.78 is 33.9. The van der Waals surface area contributed by atoms with Crippen molar-refractivity contribution in [1.82, 2.24) is 10.6 Å². The average molecular weight is 414 g/mol. The fourth-order valence-corrected chi connectivity index (χ4v) is 3.35. The molecule has 0 aliphatic heterocycles. The van der Waals surface area contributed by atoms with Crippen molar-refractivity contribution in [3.8, 4) is 11.5 Å². The van der Waals surface area contributed by atoms with Gasteiger partial charge in [-0.05, 0) is 58.2 Å². The van der Waals surface area contributed by atoms with Gasteiger partial charge in [-0.25, -0.2) is 8.42 Å². The van der Waals surface area contributed by atoms with Gasteiger partial charge in [-0.1, -0.05) is 6.07 Å². The van der Waals surface area contributed by atoms with Gasteiger partial charge >= 0.3 is 0 Å². The molecule has 2 N–H and O–H groups in total. The van der Waals surface area contributed by atoms with Crippen molar-refractivity contribution in [3.05, 3.63) is 23.8 Å². The maximum Gasteiger partial charge on any atom is 0.191 e. The molecule has 7 nitrogen and oxygen atoms in total. The van der Waals surface area contributed by atoms with Crippen molar-refractivity contribution in [2.75, 3.05) is 38.3 Å². The van der Waals surface area contributed by atoms with Crippen LogP contribution in [0.5, 0.6) is 11.5 Å². The second kappa shape index (κ2) is 12.5. The standard InChI is InChI=1S/C20H35N3O4S/c1-6-21-20(23-16(4)12-14-28(5,24)25)22-13-11-17-9-10-18(26-7-2)19(15-17)27-8-3/h9-10,15-16H,6-8,11-14H2,1-5H3,(H2,21,22,23). The SMILES string of the molecule is CCNC(=NCCc1ccc(OCC)c(OCC)c1)NC(C)CCS(C)(=O)=O. The molecule has 0 aromatic heterocycles. The fourth-order valence-electron chi connectivity index (χ4n) is 2.56. The Labute approximate surface area is 169 Å². The molecule has 0 radical (unpaired) electrons. The predicted octanol–water partition coefficient (Wildman–Crippen LogP) is 2.40. The first-order valence-corrected chi connectivity index (χ1v) is 12.0. The molecule has 1 aromatic rings. The van der Waals surface area contributed by atoms with Crippen molar-refractivity contribution < 1.29 is 17.9 Å². The number of rotatable bonds is 12. The zero-order valence-electron chi connectivity index (χ0n) is 17.7. The number of ether oxygens (including phenoxy) is 2. The van der Waals surface area contributed by atoms with Crippen LogP contribution in [0, 0.1) is 0 Å². The molecule has 160 valence electrons. The Morgan fingerprint density at radius 2 is 1.82 bits per heavy atom. The van der Waals surface area contributed by atoms with E-state index in [2.05, 4.69) is 15.6 Å². The topological polar surface area (TPSA) is 89.0 Å². The number of nitrogens with one attached hydrogen (secondary N) is 2. The van der Waals surface area contributed by atoms with Crippen LogP contribution in [0.25, 0.3) is 0 Å². The van der Waals surface area contributed by atoms with E-state index in [0.717, 1.165) is 30.0 Å². The average Bonchev–Trinajstić information content (AvgIpc) is 2.62. The third kappa shape index (κ3) is 9.82. The summed E-state index contributed by atoms with van der Waals surface area (Å²) in [4.78, 5) is 4.60. The zero-order valence-corrected chi connectivity index (χ0v) is 18.6. The summed E-state index contributed by atoms with van der Waals surface area (Å²) in [5.74, 6) is 2.36. The number of nitrogens with zero attached hydrogens (tertiary/aromatic N) is 1. The fraction of sp³-hybridized carbons (Fsp3) is 0.650. The Hall–Kier alpha value is -1.96. The normalized spacial score (nSPS) is 13.1. The van der Waals surface area contributed by atoms with E-state index in [4.69, 9.17) is 9.47 Å². The van der Waals surface area contributed by atoms with Crippen LogP contribution in [0.15, 0.2) is 23.2 Å². The smallest absolute Gasteiger partial charge is 0.191 e. The lowest BCUT2D eigenvalue weighted by Gasteiger charge is -2.17. The van der Waals surface area contributed by atoms with Gasteiger partial charge in [-0.2, -0.15) is 0 Å². The van der Waals surface area contributed by atoms with Crippen LogP contribution in [0.1, 0.15) is 39.7 Å². The van der Waals surface area contributed by atoms with Crippen LogP contribution in [-0.2, 0) is 16.3 Å². The Morgan fingerprint density at radius 1 is 1.14 bits per heavy atom. The van der Waals surface area contributed by atoms with Crippen molar-refractivity contribution in [3.63, 3.8) is 0 Å². The molecule has 28 heavy (non-hydrogen) atoms. The van der Waals surface area contributed by atoms with Crippen molar-refractivity contribution in [2.24, 2.45) is 4.99 Å². The Bertz CT molecular complexity index is 720. The number of benzene rings is 1. The molecular formula is C20H35N3O4S. The van der Waals surface area contributed by atoms with E-state index in [9.17, 15) is 8.42 Å². The second-order valence-corrected chi connectivity index (χ2v) is 8.88. The van der Waals surface area contributed by atoms with Gasteiger partial charge in [-0.15, -0.1) is 0 Å². The minimum Gasteiger partial charge on any atom is -0.490 e. The third-order valence-corrected chi connectivity index (χ3v) is 4.90. The minimum absolute atomic E-state index is 0.0163. The molecule has 0 saturated heterocycles. The molecule has 0 saturated carbocycles. The summed E-state index contributed by atoms with van der Waals surface area (Å²) in [6.07, 6.45) is 2.56. The van der Waals surface area contributed by atoms with Crippen LogP contribution in [0.3, 0.4) is 0 Å². The van der Waals surface area contributed by atoms with E-state index < -0.39 is 9.84 Å². The maximum atomic E-state index is 11.3. The summed E-state index contributed by atoms with van der Waals surface area (Å²) in [6.45, 7) is 10.4. The Kier molecular flexibility index (Phi) is 10.7. The zero-order chi connectivity index (χ0) is 21.0. The Balaban J connectivity index is 2.68. The summed E-state index contributed by atoms with van der Waals surface area (Å²) in [6, 6.07) is 5.98. The van der Waals surface area contributed by atoms with Gasteiger partial charge in [0.05, 0.1) is 19.0 Å². The Morgan fingerprint density at radius 3 is 2.43 bits per heavy atom. The lowest BCUT2D eigenvalue weighted by atomic mass is 10.1. The number of hydrogen-bond donors (Lipinski definition) is 2. The highest BCUT2D eigenvalue weighted by Crippen LogP contribution is 2.28. The quantitative estimate of drug-likeness (QED) is 0.404. The molecule has 0 aliphatic rings. The summed E-state index contributed by atoms with van der Waals surface area (Å²) in [5.41, 5.74) is 1.12. The molecule has 0 fully saturated rings. The molecular weight excluding hydrogens is 378 g/mol. The van der Waals surface area contributed by atoms with Crippen LogP contribution >= 0.6 is 0 Å². The van der Waals surface area contributed by atoms with Crippen molar-refractivity contribution in [2.45, 2.75) is 46.6 Å². The van der Waals surface area contributed by atoms with E-state index in [1.165, 1.54) is 6.26 Å². The van der Waals surface area contributed by atoms with E-state index >= 15 is 0 Å². The molecule has 1 rings (SSSR count). The van der Waals surface area contributed by atoms with Crippen LogP contribution in [0.4, 0.5) is 0 Å². The highest BCUT2D eigenvalue weighted by molar-refractivity contribution is 7.90. The number of hydrogen-bond acceptors (Lipinski definition) is 5. The number of guanidine groups is 1. The molecule has 1 aromatic carbocycles. The molecule has 0 heterocycles. The third-order valence-electron chi connectivity index (χ3n) is 3.93. The van der Waals surface area contributed by atoms with E-state index in [1.807, 2.05) is 45.9 Å².